The van der Waals surface area contributed by atoms with Crippen molar-refractivity contribution in [1.82, 2.24) is 10.4 Å². The minimum Gasteiger partial charge on any atom is -0.493 e. The topological polar surface area (TPSA) is 72.8 Å². The summed E-state index contributed by atoms with van der Waals surface area (Å²) in [7, 11) is 1.59. The van der Waals surface area contributed by atoms with Gasteiger partial charge in [0.1, 0.15) is 6.61 Å². The fourth-order valence-electron chi connectivity index (χ4n) is 3.04. The monoisotopic (exact) mass is 477 g/mol. The van der Waals surface area contributed by atoms with Gasteiger partial charge in [-0.25, -0.2) is 10.4 Å². The average molecular weight is 478 g/mol. The number of nitrogens with one attached hydrogen (secondary N) is 1. The first-order chi connectivity index (χ1) is 16.1. The molecule has 0 unspecified atom stereocenters. The van der Waals surface area contributed by atoms with Crippen molar-refractivity contribution in [1.29, 1.82) is 0 Å². The summed E-state index contributed by atoms with van der Waals surface area (Å²) in [5.41, 5.74) is 6.47. The molecule has 0 saturated heterocycles. The zero-order chi connectivity index (χ0) is 23.0. The van der Waals surface area contributed by atoms with Crippen LogP contribution in [0.4, 0.5) is 0 Å². The molecule has 1 aromatic heterocycles. The van der Waals surface area contributed by atoms with E-state index in [2.05, 4.69) is 15.5 Å². The van der Waals surface area contributed by atoms with Crippen molar-refractivity contribution < 1.29 is 14.3 Å². The van der Waals surface area contributed by atoms with Crippen LogP contribution < -0.4 is 14.9 Å². The highest BCUT2D eigenvalue weighted by Gasteiger charge is 2.11. The van der Waals surface area contributed by atoms with Crippen LogP contribution in [0.25, 0.3) is 10.2 Å². The molecule has 4 rings (SSSR count). The van der Waals surface area contributed by atoms with E-state index in [-0.39, 0.29) is 11.7 Å². The summed E-state index contributed by atoms with van der Waals surface area (Å²) >= 11 is 2.97. The van der Waals surface area contributed by atoms with Gasteiger partial charge in [-0.05, 0) is 36.8 Å². The van der Waals surface area contributed by atoms with Crippen LogP contribution in [-0.2, 0) is 11.4 Å². The Morgan fingerprint density at radius 3 is 2.73 bits per heavy atom. The van der Waals surface area contributed by atoms with Gasteiger partial charge in [0, 0.05) is 5.56 Å². The average Bonchev–Trinajstić information content (AvgIpc) is 3.26. The number of methoxy groups -OCH3 is 1. The molecule has 4 aromatic rings. The Balaban J connectivity index is 1.36. The standard InChI is InChI=1S/C25H23N3O3S2/c1-17-10-12-18(13-11-17)15-31-24-19(6-5-8-21(24)30-2)14-26-28-23(29)16-32-25-27-20-7-3-4-9-22(20)33-25/h3-14H,15-16H2,1-2H3,(H,28,29)/b26-14+. The number of fused-ring (bicyclic) bond motifs is 1. The predicted octanol–water partition coefficient (Wildman–Crippen LogP) is 5.43. The molecule has 1 heterocycles. The molecule has 0 bridgehead atoms. The first-order valence-corrected chi connectivity index (χ1v) is 12.1. The molecule has 0 aliphatic carbocycles. The fourth-order valence-corrected chi connectivity index (χ4v) is 4.90. The van der Waals surface area contributed by atoms with Crippen molar-refractivity contribution in [2.75, 3.05) is 12.9 Å². The molecular formula is C25H23N3O3S2. The number of thioether (sulfide) groups is 1. The fraction of sp³-hybridized carbons (Fsp3) is 0.160. The normalized spacial score (nSPS) is 11.1. The van der Waals surface area contributed by atoms with E-state index in [0.29, 0.717) is 23.7 Å². The number of hydrogen-bond acceptors (Lipinski definition) is 7. The number of hydrogen-bond donors (Lipinski definition) is 1. The number of nitrogens with zero attached hydrogens (tertiary/aromatic N) is 2. The molecule has 0 atom stereocenters. The van der Waals surface area contributed by atoms with Crippen molar-refractivity contribution in [3.63, 3.8) is 0 Å². The number of aromatic nitrogens is 1. The first-order valence-electron chi connectivity index (χ1n) is 10.3. The summed E-state index contributed by atoms with van der Waals surface area (Å²) in [5.74, 6) is 1.19. The van der Waals surface area contributed by atoms with E-state index in [0.717, 1.165) is 20.1 Å². The number of hydrazone groups is 1. The summed E-state index contributed by atoms with van der Waals surface area (Å²) in [6, 6.07) is 21.6. The third-order valence-electron chi connectivity index (χ3n) is 4.73. The van der Waals surface area contributed by atoms with Crippen LogP contribution in [0.1, 0.15) is 16.7 Å². The van der Waals surface area contributed by atoms with Gasteiger partial charge in [0.05, 0.1) is 29.3 Å². The molecule has 168 valence electrons. The van der Waals surface area contributed by atoms with Gasteiger partial charge in [-0.3, -0.25) is 4.79 Å². The lowest BCUT2D eigenvalue weighted by Crippen LogP contribution is -2.19. The van der Waals surface area contributed by atoms with Crippen LogP contribution in [-0.4, -0.2) is 30.0 Å². The lowest BCUT2D eigenvalue weighted by molar-refractivity contribution is -0.118. The summed E-state index contributed by atoms with van der Waals surface area (Å²) in [4.78, 5) is 16.8. The molecular weight excluding hydrogens is 454 g/mol. The number of para-hydroxylation sites is 2. The first kappa shape index (κ1) is 22.8. The highest BCUT2D eigenvalue weighted by molar-refractivity contribution is 8.01. The summed E-state index contributed by atoms with van der Waals surface area (Å²) in [5, 5.41) is 4.11. The molecule has 1 amide bonds. The third-order valence-corrected chi connectivity index (χ3v) is 6.91. The lowest BCUT2D eigenvalue weighted by atomic mass is 10.1. The van der Waals surface area contributed by atoms with Gasteiger partial charge in [-0.2, -0.15) is 5.10 Å². The van der Waals surface area contributed by atoms with Gasteiger partial charge >= 0.3 is 0 Å². The van der Waals surface area contributed by atoms with Gasteiger partial charge in [0.25, 0.3) is 5.91 Å². The Hall–Kier alpha value is -3.36. The predicted molar refractivity (Wildman–Crippen MR) is 135 cm³/mol. The Kier molecular flexibility index (Phi) is 7.59. The van der Waals surface area contributed by atoms with Gasteiger partial charge < -0.3 is 9.47 Å². The maximum absolute atomic E-state index is 12.2. The molecule has 0 aliphatic rings. The summed E-state index contributed by atoms with van der Waals surface area (Å²) in [6.07, 6.45) is 1.56. The van der Waals surface area contributed by atoms with Crippen LogP contribution in [0, 0.1) is 6.92 Å². The van der Waals surface area contributed by atoms with Crippen molar-refractivity contribution in [3.05, 3.63) is 83.4 Å². The van der Waals surface area contributed by atoms with E-state index in [9.17, 15) is 4.79 Å². The molecule has 0 aliphatic heterocycles. The molecule has 3 aromatic carbocycles. The van der Waals surface area contributed by atoms with E-state index in [1.54, 1.807) is 24.7 Å². The Morgan fingerprint density at radius 1 is 1.12 bits per heavy atom. The summed E-state index contributed by atoms with van der Waals surface area (Å²) in [6.45, 7) is 2.44. The Morgan fingerprint density at radius 2 is 1.94 bits per heavy atom. The number of thiazole rings is 1. The summed E-state index contributed by atoms with van der Waals surface area (Å²) < 4.78 is 13.4. The molecule has 8 heteroatoms. The number of amides is 1. The van der Waals surface area contributed by atoms with Crippen LogP contribution in [0.15, 0.2) is 76.2 Å². The van der Waals surface area contributed by atoms with Crippen LogP contribution in [0.3, 0.4) is 0 Å². The second-order valence-electron chi connectivity index (χ2n) is 7.18. The quantitative estimate of drug-likeness (QED) is 0.198. The van der Waals surface area contributed by atoms with Gasteiger partial charge in [-0.1, -0.05) is 59.8 Å². The number of ether oxygens (including phenoxy) is 2. The molecule has 1 N–H and O–H groups in total. The Labute approximate surface area is 200 Å². The number of carbonyl (C=O) groups is 1. The van der Waals surface area contributed by atoms with Crippen molar-refractivity contribution in [3.8, 4) is 11.5 Å². The molecule has 33 heavy (non-hydrogen) atoms. The van der Waals surface area contributed by atoms with Crippen LogP contribution >= 0.6 is 23.1 Å². The number of aryl methyl sites for hydroxylation is 1. The molecule has 0 spiro atoms. The van der Waals surface area contributed by atoms with E-state index in [1.165, 1.54) is 17.3 Å². The second-order valence-corrected chi connectivity index (χ2v) is 9.44. The minimum absolute atomic E-state index is 0.208. The molecule has 0 saturated carbocycles. The molecule has 0 fully saturated rings. The Bertz CT molecular complexity index is 1240. The van der Waals surface area contributed by atoms with Crippen LogP contribution in [0.5, 0.6) is 11.5 Å². The van der Waals surface area contributed by atoms with Gasteiger partial charge in [0.15, 0.2) is 15.8 Å². The number of rotatable bonds is 9. The number of benzene rings is 3. The van der Waals surface area contributed by atoms with Gasteiger partial charge in [-0.15, -0.1) is 11.3 Å². The molecule has 0 radical (unpaired) electrons. The SMILES string of the molecule is COc1cccc(/C=N/NC(=O)CSc2nc3ccccc3s2)c1OCc1ccc(C)cc1. The van der Waals surface area contributed by atoms with E-state index in [4.69, 9.17) is 9.47 Å². The zero-order valence-electron chi connectivity index (χ0n) is 18.3. The van der Waals surface area contributed by atoms with E-state index < -0.39 is 0 Å². The molecule has 6 nitrogen and oxygen atoms in total. The largest absolute Gasteiger partial charge is 0.493 e. The number of carbonyl (C=O) groups excluding carboxylic acids is 1. The smallest absolute Gasteiger partial charge is 0.250 e. The second kappa shape index (κ2) is 11.0. The lowest BCUT2D eigenvalue weighted by Gasteiger charge is -2.13. The highest BCUT2D eigenvalue weighted by atomic mass is 32.2. The highest BCUT2D eigenvalue weighted by Crippen LogP contribution is 2.31. The minimum atomic E-state index is -0.208. The van der Waals surface area contributed by atoms with Crippen molar-refractivity contribution in [2.24, 2.45) is 5.10 Å². The van der Waals surface area contributed by atoms with Crippen molar-refractivity contribution in [2.45, 2.75) is 17.9 Å². The van der Waals surface area contributed by atoms with E-state index in [1.807, 2.05) is 73.7 Å². The van der Waals surface area contributed by atoms with E-state index >= 15 is 0 Å². The van der Waals surface area contributed by atoms with Gasteiger partial charge in [0.2, 0.25) is 0 Å². The maximum Gasteiger partial charge on any atom is 0.250 e. The maximum atomic E-state index is 12.2. The third kappa shape index (κ3) is 6.12. The zero-order valence-corrected chi connectivity index (χ0v) is 19.9. The van der Waals surface area contributed by atoms with Crippen molar-refractivity contribution >= 4 is 45.4 Å². The van der Waals surface area contributed by atoms with Crippen LogP contribution in [0.2, 0.25) is 0 Å².